The number of sulfonamides is 1. The second-order valence-corrected chi connectivity index (χ2v) is 8.67. The molecule has 3 heterocycles. The highest BCUT2D eigenvalue weighted by Crippen LogP contribution is 2.36. The number of anilines is 1. The number of rotatable bonds is 4. The van der Waals surface area contributed by atoms with E-state index in [-0.39, 0.29) is 22.4 Å². The zero-order valence-corrected chi connectivity index (χ0v) is 17.6. The summed E-state index contributed by atoms with van der Waals surface area (Å²) < 4.78 is 43.1. The van der Waals surface area contributed by atoms with E-state index in [4.69, 9.17) is 13.6 Å². The summed E-state index contributed by atoms with van der Waals surface area (Å²) in [6.45, 7) is 0. The summed E-state index contributed by atoms with van der Waals surface area (Å²) in [4.78, 5) is 17.1. The predicted molar refractivity (Wildman–Crippen MR) is 106 cm³/mol. The number of amides is 1. The van der Waals surface area contributed by atoms with Crippen LogP contribution in [0.4, 0.5) is 6.01 Å². The number of nitrogens with zero attached hydrogens (tertiary/aromatic N) is 2. The average molecular weight is 480 g/mol. The fourth-order valence-electron chi connectivity index (χ4n) is 2.92. The third-order valence-electron chi connectivity index (χ3n) is 4.27. The zero-order valence-electron chi connectivity index (χ0n) is 15.2. The highest BCUT2D eigenvalue weighted by Gasteiger charge is 2.38. The van der Waals surface area contributed by atoms with Crippen molar-refractivity contribution >= 4 is 43.6 Å². The van der Waals surface area contributed by atoms with Crippen molar-refractivity contribution in [3.8, 4) is 11.5 Å². The van der Waals surface area contributed by atoms with Crippen molar-refractivity contribution in [2.24, 2.45) is 0 Å². The van der Waals surface area contributed by atoms with Gasteiger partial charge in [-0.25, -0.2) is 8.42 Å². The number of benzene rings is 1. The van der Waals surface area contributed by atoms with Gasteiger partial charge in [0.25, 0.3) is 15.9 Å². The van der Waals surface area contributed by atoms with Gasteiger partial charge < -0.3 is 13.6 Å². The molecule has 29 heavy (non-hydrogen) atoms. The summed E-state index contributed by atoms with van der Waals surface area (Å²) in [5.41, 5.74) is 0.473. The van der Waals surface area contributed by atoms with Crippen molar-refractivity contribution in [1.82, 2.24) is 9.29 Å². The molecule has 3 aromatic rings. The van der Waals surface area contributed by atoms with Crippen LogP contribution < -0.4 is 5.32 Å². The van der Waals surface area contributed by atoms with Crippen molar-refractivity contribution in [3.05, 3.63) is 58.6 Å². The fourth-order valence-corrected chi connectivity index (χ4v) is 4.62. The maximum atomic E-state index is 12.9. The summed E-state index contributed by atoms with van der Waals surface area (Å²) in [6.07, 6.45) is 1.31. The predicted octanol–water partition coefficient (Wildman–Crippen LogP) is 3.28. The Balaban J connectivity index is 1.71. The van der Waals surface area contributed by atoms with E-state index in [0.29, 0.717) is 21.7 Å². The van der Waals surface area contributed by atoms with E-state index in [0.717, 1.165) is 4.31 Å². The van der Waals surface area contributed by atoms with Gasteiger partial charge in [-0.3, -0.25) is 14.4 Å². The fraction of sp³-hybridized carbons (Fsp3) is 0.111. The molecular weight excluding hydrogens is 466 g/mol. The molecule has 0 unspecified atom stereocenters. The first-order valence-electron chi connectivity index (χ1n) is 8.22. The van der Waals surface area contributed by atoms with Crippen LogP contribution in [0, 0.1) is 0 Å². The van der Waals surface area contributed by atoms with Crippen LogP contribution in [0.2, 0.25) is 0 Å². The number of hydrogen-bond acceptors (Lipinski definition) is 7. The normalized spacial score (nSPS) is 15.2. The number of carbonyl (C=O) groups excluding carboxylic acids is 1. The van der Waals surface area contributed by atoms with Gasteiger partial charge in [0.15, 0.2) is 21.9 Å². The molecule has 1 amide bonds. The molecule has 0 spiro atoms. The molecular formula is C18H14BrN3O6S. The summed E-state index contributed by atoms with van der Waals surface area (Å²) in [6, 6.07) is 9.54. The van der Waals surface area contributed by atoms with Crippen LogP contribution in [0.15, 0.2) is 66.8 Å². The van der Waals surface area contributed by atoms with Gasteiger partial charge in [0.1, 0.15) is 12.0 Å². The van der Waals surface area contributed by atoms with Gasteiger partial charge in [-0.2, -0.15) is 4.98 Å². The summed E-state index contributed by atoms with van der Waals surface area (Å²) in [5, 5.41) is 2.46. The Hall–Kier alpha value is -3.05. The third-order valence-corrected chi connectivity index (χ3v) is 6.51. The Bertz CT molecular complexity index is 1240. The standard InChI is InChI=1S/C18H14BrN3O6S/c1-22-15(16(26-2)10-5-3-4-6-13(10)29(22,24)25)17(23)21-18-20-11(9-27-18)12-7-8-14(19)28-12/h3-9H,1-2H3,(H,20,21,23). The van der Waals surface area contributed by atoms with Gasteiger partial charge in [-0.15, -0.1) is 0 Å². The van der Waals surface area contributed by atoms with Gasteiger partial charge in [0.05, 0.1) is 12.0 Å². The van der Waals surface area contributed by atoms with Crippen LogP contribution in [-0.2, 0) is 19.6 Å². The number of fused-ring (bicyclic) bond motifs is 1. The smallest absolute Gasteiger partial charge is 0.302 e. The van der Waals surface area contributed by atoms with Crippen LogP contribution in [0.25, 0.3) is 17.2 Å². The summed E-state index contributed by atoms with van der Waals surface area (Å²) in [7, 11) is -1.28. The Morgan fingerprint density at radius 3 is 2.69 bits per heavy atom. The lowest BCUT2D eigenvalue weighted by Gasteiger charge is -2.29. The van der Waals surface area contributed by atoms with Gasteiger partial charge >= 0.3 is 6.01 Å². The lowest BCUT2D eigenvalue weighted by molar-refractivity contribution is -0.113. The lowest BCUT2D eigenvalue weighted by atomic mass is 10.1. The average Bonchev–Trinajstić information content (AvgIpc) is 3.33. The molecule has 1 N–H and O–H groups in total. The van der Waals surface area contributed by atoms with Crippen LogP contribution in [0.3, 0.4) is 0 Å². The number of hydrogen-bond donors (Lipinski definition) is 1. The molecule has 0 saturated heterocycles. The van der Waals surface area contributed by atoms with E-state index in [2.05, 4.69) is 26.2 Å². The molecule has 1 aliphatic heterocycles. The minimum atomic E-state index is -3.92. The number of halogens is 1. The minimum absolute atomic E-state index is 0.0534. The number of furan rings is 1. The number of nitrogens with one attached hydrogen (secondary N) is 1. The SMILES string of the molecule is COC1=C(C(=O)Nc2nc(-c3ccc(Br)o3)co2)N(C)S(=O)(=O)c2ccccc21. The Morgan fingerprint density at radius 2 is 2.00 bits per heavy atom. The number of methoxy groups -OCH3 is 1. The maximum absolute atomic E-state index is 12.9. The van der Waals surface area contributed by atoms with Crippen LogP contribution in [0.1, 0.15) is 5.56 Å². The van der Waals surface area contributed by atoms with Crippen molar-refractivity contribution in [2.75, 3.05) is 19.5 Å². The molecule has 1 aromatic carbocycles. The Kier molecular flexibility index (Phi) is 4.71. The largest absolute Gasteiger partial charge is 0.494 e. The molecule has 4 rings (SSSR count). The topological polar surface area (TPSA) is 115 Å². The molecule has 0 aliphatic carbocycles. The van der Waals surface area contributed by atoms with Crippen LogP contribution >= 0.6 is 15.9 Å². The van der Waals surface area contributed by atoms with E-state index >= 15 is 0 Å². The van der Waals surface area contributed by atoms with E-state index < -0.39 is 15.9 Å². The number of oxazole rings is 1. The van der Waals surface area contributed by atoms with Gasteiger partial charge in [-0.1, -0.05) is 12.1 Å². The van der Waals surface area contributed by atoms with E-state index in [1.807, 2.05) is 0 Å². The molecule has 9 nitrogen and oxygen atoms in total. The van der Waals surface area contributed by atoms with Crippen molar-refractivity contribution < 1.29 is 26.8 Å². The number of aromatic nitrogens is 1. The van der Waals surface area contributed by atoms with E-state index in [1.54, 1.807) is 30.3 Å². The van der Waals surface area contributed by atoms with Crippen molar-refractivity contribution in [3.63, 3.8) is 0 Å². The first-order valence-corrected chi connectivity index (χ1v) is 10.5. The first kappa shape index (κ1) is 19.3. The molecule has 0 bridgehead atoms. The molecule has 0 saturated carbocycles. The molecule has 1 aliphatic rings. The summed E-state index contributed by atoms with van der Waals surface area (Å²) in [5.74, 6) is -0.196. The molecule has 150 valence electrons. The van der Waals surface area contributed by atoms with Gasteiger partial charge in [-0.05, 0) is 40.2 Å². The monoisotopic (exact) mass is 479 g/mol. The third kappa shape index (κ3) is 3.21. The first-order chi connectivity index (χ1) is 13.8. The minimum Gasteiger partial charge on any atom is -0.494 e. The zero-order chi connectivity index (χ0) is 20.8. The highest BCUT2D eigenvalue weighted by molar-refractivity contribution is 9.10. The Morgan fingerprint density at radius 1 is 1.24 bits per heavy atom. The van der Waals surface area contributed by atoms with Crippen LogP contribution in [0.5, 0.6) is 0 Å². The second kappa shape index (κ2) is 7.08. The summed E-state index contributed by atoms with van der Waals surface area (Å²) >= 11 is 3.20. The van der Waals surface area contributed by atoms with Gasteiger partial charge in [0.2, 0.25) is 0 Å². The Labute approximate surface area is 174 Å². The highest BCUT2D eigenvalue weighted by atomic mass is 79.9. The van der Waals surface area contributed by atoms with Crippen molar-refractivity contribution in [1.29, 1.82) is 0 Å². The maximum Gasteiger partial charge on any atom is 0.302 e. The quantitative estimate of drug-likeness (QED) is 0.610. The molecule has 11 heteroatoms. The van der Waals surface area contributed by atoms with Crippen molar-refractivity contribution in [2.45, 2.75) is 4.90 Å². The number of ether oxygens (including phenoxy) is 1. The second-order valence-electron chi connectivity index (χ2n) is 5.95. The lowest BCUT2D eigenvalue weighted by Crippen LogP contribution is -2.37. The van der Waals surface area contributed by atoms with E-state index in [1.165, 1.54) is 26.5 Å². The van der Waals surface area contributed by atoms with Crippen LogP contribution in [-0.4, -0.2) is 37.8 Å². The molecule has 2 aromatic heterocycles. The van der Waals surface area contributed by atoms with E-state index in [9.17, 15) is 13.2 Å². The molecule has 0 fully saturated rings. The van der Waals surface area contributed by atoms with Gasteiger partial charge in [0, 0.05) is 12.6 Å². The molecule has 0 atom stereocenters. The molecule has 0 radical (unpaired) electrons. The number of likely N-dealkylation sites (N-methyl/N-ethyl adjacent to an activating group) is 1. The number of carbonyl (C=O) groups is 1.